The Morgan fingerprint density at radius 3 is 2.62 bits per heavy atom. The first kappa shape index (κ1) is 19.5. The van der Waals surface area contributed by atoms with Crippen molar-refractivity contribution < 1.29 is 19.0 Å². The maximum atomic E-state index is 13.7. The lowest BCUT2D eigenvalue weighted by atomic mass is 10.0. The Hall–Kier alpha value is -2.82. The Morgan fingerprint density at radius 1 is 1.23 bits per heavy atom. The summed E-state index contributed by atoms with van der Waals surface area (Å²) >= 11 is 0. The van der Waals surface area contributed by atoms with E-state index in [-0.39, 0.29) is 17.8 Å². The van der Waals surface area contributed by atoms with E-state index >= 15 is 0 Å². The summed E-state index contributed by atoms with van der Waals surface area (Å²) < 4.78 is 24.2. The molecule has 2 rings (SSSR count). The van der Waals surface area contributed by atoms with Gasteiger partial charge >= 0.3 is 0 Å². The highest BCUT2D eigenvalue weighted by Gasteiger charge is 2.13. The topological polar surface area (TPSA) is 101 Å². The zero-order valence-electron chi connectivity index (χ0n) is 14.8. The maximum Gasteiger partial charge on any atom is 0.160 e. The van der Waals surface area contributed by atoms with Gasteiger partial charge in [0.15, 0.2) is 11.5 Å². The van der Waals surface area contributed by atoms with Gasteiger partial charge in [0.25, 0.3) is 0 Å². The second kappa shape index (κ2) is 9.04. The Kier molecular flexibility index (Phi) is 6.78. The standard InChI is InChI=1S/C19H22FN3O3/c1-25-17-4-3-12(7-18(17)26-2)5-6-23-11-16(24)13-8-14(10-21)19(22)15(20)9-13/h3-4,7-9,16,23-24H,5-6,11,22H2,1-2H3. The van der Waals surface area contributed by atoms with Crippen molar-refractivity contribution in [3.63, 3.8) is 0 Å². The third-order valence-electron chi connectivity index (χ3n) is 4.03. The second-order valence-electron chi connectivity index (χ2n) is 5.74. The molecule has 7 heteroatoms. The first-order valence-electron chi connectivity index (χ1n) is 8.08. The van der Waals surface area contributed by atoms with Gasteiger partial charge in [0, 0.05) is 6.54 Å². The van der Waals surface area contributed by atoms with E-state index in [4.69, 9.17) is 20.5 Å². The zero-order valence-corrected chi connectivity index (χ0v) is 14.8. The van der Waals surface area contributed by atoms with E-state index in [2.05, 4.69) is 5.32 Å². The number of nitrogens with one attached hydrogen (secondary N) is 1. The largest absolute Gasteiger partial charge is 0.493 e. The molecular weight excluding hydrogens is 337 g/mol. The molecule has 0 bridgehead atoms. The Labute approximate surface area is 152 Å². The molecule has 0 aliphatic rings. The Balaban J connectivity index is 1.90. The summed E-state index contributed by atoms with van der Waals surface area (Å²) in [6.07, 6.45) is -0.227. The number of nitrogens with two attached hydrogens (primary N) is 1. The molecule has 0 fully saturated rings. The fourth-order valence-corrected chi connectivity index (χ4v) is 2.55. The van der Waals surface area contributed by atoms with Crippen LogP contribution in [0.15, 0.2) is 30.3 Å². The molecule has 0 heterocycles. The summed E-state index contributed by atoms with van der Waals surface area (Å²) in [5.41, 5.74) is 6.66. The number of methoxy groups -OCH3 is 2. The highest BCUT2D eigenvalue weighted by Crippen LogP contribution is 2.27. The van der Waals surface area contributed by atoms with Crippen molar-refractivity contribution in [3.05, 3.63) is 52.8 Å². The van der Waals surface area contributed by atoms with Crippen LogP contribution < -0.4 is 20.5 Å². The van der Waals surface area contributed by atoms with Crippen LogP contribution >= 0.6 is 0 Å². The number of aliphatic hydroxyl groups is 1. The summed E-state index contributed by atoms with van der Waals surface area (Å²) in [4.78, 5) is 0. The van der Waals surface area contributed by atoms with E-state index in [1.54, 1.807) is 14.2 Å². The predicted molar refractivity (Wildman–Crippen MR) is 96.6 cm³/mol. The van der Waals surface area contributed by atoms with E-state index in [1.165, 1.54) is 6.07 Å². The number of hydrogen-bond acceptors (Lipinski definition) is 6. The molecule has 0 amide bonds. The summed E-state index contributed by atoms with van der Waals surface area (Å²) in [5, 5.41) is 22.3. The van der Waals surface area contributed by atoms with Crippen LogP contribution in [0.1, 0.15) is 22.8 Å². The summed E-state index contributed by atoms with van der Waals surface area (Å²) in [5.74, 6) is 0.619. The molecule has 0 aliphatic heterocycles. The van der Waals surface area contributed by atoms with Gasteiger partial charge in [-0.2, -0.15) is 5.26 Å². The van der Waals surface area contributed by atoms with Gasteiger partial charge in [-0.3, -0.25) is 0 Å². The summed E-state index contributed by atoms with van der Waals surface area (Å²) in [6, 6.07) is 10.0. The number of nitriles is 1. The molecule has 0 aromatic heterocycles. The van der Waals surface area contributed by atoms with Crippen molar-refractivity contribution in [2.45, 2.75) is 12.5 Å². The molecule has 2 aromatic rings. The molecule has 0 spiro atoms. The fraction of sp³-hybridized carbons (Fsp3) is 0.316. The minimum absolute atomic E-state index is 0.0179. The van der Waals surface area contributed by atoms with Crippen LogP contribution in [0, 0.1) is 17.1 Å². The number of nitrogens with zero attached hydrogens (tertiary/aromatic N) is 1. The molecule has 0 saturated heterocycles. The zero-order chi connectivity index (χ0) is 19.1. The number of hydrogen-bond donors (Lipinski definition) is 3. The minimum Gasteiger partial charge on any atom is -0.493 e. The van der Waals surface area contributed by atoms with Crippen LogP contribution in [0.4, 0.5) is 10.1 Å². The molecule has 6 nitrogen and oxygen atoms in total. The quantitative estimate of drug-likeness (QED) is 0.493. The van der Waals surface area contributed by atoms with Gasteiger partial charge in [-0.15, -0.1) is 0 Å². The van der Waals surface area contributed by atoms with Crippen LogP contribution in [-0.2, 0) is 6.42 Å². The van der Waals surface area contributed by atoms with Gasteiger partial charge in [-0.05, 0) is 48.4 Å². The van der Waals surface area contributed by atoms with E-state index < -0.39 is 11.9 Å². The number of nitrogen functional groups attached to an aromatic ring is 1. The van der Waals surface area contributed by atoms with Crippen LogP contribution in [0.3, 0.4) is 0 Å². The van der Waals surface area contributed by atoms with Crippen LogP contribution in [0.2, 0.25) is 0 Å². The molecule has 26 heavy (non-hydrogen) atoms. The third-order valence-corrected chi connectivity index (χ3v) is 4.03. The molecule has 4 N–H and O–H groups in total. The Bertz CT molecular complexity index is 805. The summed E-state index contributed by atoms with van der Waals surface area (Å²) in [7, 11) is 3.16. The van der Waals surface area contributed by atoms with E-state index in [0.717, 1.165) is 11.6 Å². The number of benzene rings is 2. The van der Waals surface area contributed by atoms with Gasteiger partial charge in [0.05, 0.1) is 31.6 Å². The number of ether oxygens (including phenoxy) is 2. The normalized spacial score (nSPS) is 11.7. The minimum atomic E-state index is -0.942. The van der Waals surface area contributed by atoms with Crippen LogP contribution in [-0.4, -0.2) is 32.4 Å². The Morgan fingerprint density at radius 2 is 1.96 bits per heavy atom. The van der Waals surface area contributed by atoms with Gasteiger partial charge in [0.2, 0.25) is 0 Å². The second-order valence-corrected chi connectivity index (χ2v) is 5.74. The number of anilines is 1. The van der Waals surface area contributed by atoms with Crippen molar-refractivity contribution in [2.24, 2.45) is 0 Å². The number of halogens is 1. The molecule has 0 aliphatic carbocycles. The van der Waals surface area contributed by atoms with E-state index in [1.807, 2.05) is 24.3 Å². The average molecular weight is 359 g/mol. The fourth-order valence-electron chi connectivity index (χ4n) is 2.55. The van der Waals surface area contributed by atoms with Gasteiger partial charge in [-0.25, -0.2) is 4.39 Å². The smallest absolute Gasteiger partial charge is 0.160 e. The predicted octanol–water partition coefficient (Wildman–Crippen LogP) is 2.16. The molecule has 0 radical (unpaired) electrons. The lowest BCUT2D eigenvalue weighted by molar-refractivity contribution is 0.174. The highest BCUT2D eigenvalue weighted by molar-refractivity contribution is 5.56. The molecule has 0 saturated carbocycles. The highest BCUT2D eigenvalue weighted by atomic mass is 19.1. The molecule has 2 aromatic carbocycles. The molecule has 1 unspecified atom stereocenters. The maximum absolute atomic E-state index is 13.7. The van der Waals surface area contributed by atoms with Gasteiger partial charge in [0.1, 0.15) is 11.9 Å². The lowest BCUT2D eigenvalue weighted by Gasteiger charge is -2.14. The average Bonchev–Trinajstić information content (AvgIpc) is 2.66. The monoisotopic (exact) mass is 359 g/mol. The first-order chi connectivity index (χ1) is 12.5. The molecule has 1 atom stereocenters. The van der Waals surface area contributed by atoms with Crippen molar-refractivity contribution in [1.29, 1.82) is 5.26 Å². The SMILES string of the molecule is COc1ccc(CCNCC(O)c2cc(F)c(N)c(C#N)c2)cc1OC. The first-order valence-corrected chi connectivity index (χ1v) is 8.08. The van der Waals surface area contributed by atoms with Gasteiger partial charge < -0.3 is 25.6 Å². The molecular formula is C19H22FN3O3. The number of rotatable bonds is 8. The third kappa shape index (κ3) is 4.63. The lowest BCUT2D eigenvalue weighted by Crippen LogP contribution is -2.24. The van der Waals surface area contributed by atoms with Crippen molar-refractivity contribution in [1.82, 2.24) is 5.32 Å². The van der Waals surface area contributed by atoms with Crippen LogP contribution in [0.25, 0.3) is 0 Å². The van der Waals surface area contributed by atoms with Gasteiger partial charge in [-0.1, -0.05) is 6.07 Å². The van der Waals surface area contributed by atoms with Crippen LogP contribution in [0.5, 0.6) is 11.5 Å². The molecule has 138 valence electrons. The summed E-state index contributed by atoms with van der Waals surface area (Å²) in [6.45, 7) is 0.830. The van der Waals surface area contributed by atoms with E-state index in [9.17, 15) is 9.50 Å². The van der Waals surface area contributed by atoms with Crippen molar-refractivity contribution >= 4 is 5.69 Å². The van der Waals surface area contributed by atoms with Crippen molar-refractivity contribution in [3.8, 4) is 17.6 Å². The van der Waals surface area contributed by atoms with Crippen molar-refractivity contribution in [2.75, 3.05) is 33.0 Å². The van der Waals surface area contributed by atoms with E-state index in [0.29, 0.717) is 30.0 Å². The number of aliphatic hydroxyl groups excluding tert-OH is 1.